The van der Waals surface area contributed by atoms with E-state index in [-0.39, 0.29) is 99.5 Å². The van der Waals surface area contributed by atoms with Crippen LogP contribution in [0.2, 0.25) is 0 Å². The summed E-state index contributed by atoms with van der Waals surface area (Å²) in [4.78, 5) is 133. The minimum absolute atomic E-state index is 0.0154. The van der Waals surface area contributed by atoms with Crippen molar-refractivity contribution in [3.8, 4) is 28.7 Å². The van der Waals surface area contributed by atoms with Gasteiger partial charge in [0.2, 0.25) is 0 Å². The maximum absolute atomic E-state index is 11.5. The van der Waals surface area contributed by atoms with Gasteiger partial charge in [-0.25, -0.2) is 0 Å². The predicted molar refractivity (Wildman–Crippen MR) is 538 cm³/mol. The number of benzene rings is 5. The molecule has 4 fully saturated rings. The Morgan fingerprint density at radius 3 is 0.885 bits per heavy atom. The Morgan fingerprint density at radius 2 is 0.597 bits per heavy atom. The summed E-state index contributed by atoms with van der Waals surface area (Å²) in [5.41, 5.74) is 4.86. The van der Waals surface area contributed by atoms with Crippen LogP contribution >= 0.6 is 0 Å². The van der Waals surface area contributed by atoms with Crippen LogP contribution in [0, 0.1) is 5.92 Å². The summed E-state index contributed by atoms with van der Waals surface area (Å²) in [6.07, 6.45) is 6.72. The van der Waals surface area contributed by atoms with E-state index in [1.54, 1.807) is 97.9 Å². The number of phenols is 5. The number of aliphatic imine (C=N–C) groups is 4. The Bertz CT molecular complexity index is 4430. The SMILES string of the molecule is CC(C)C1CN(CC(=O)O)CCN(CC(=O)O)CCN(CC(=O)O)CCN1CC(=O)O.CC(C)N1CCN(CC(=O)O)CCN(CC(=O)O)CCN(CC(=O)O)CC1.CC(C)c1ccc(C2N(CCN=Cc3ccccc3O)CCN2CCN=Cc2ccccc2O)c(O)c1.CCN1CCN(CC(=O)O)CCN(C(C)C)CC1.Oc1ccccc1C=NCCNCCNCCN=Cc1ccccc1O. The van der Waals surface area contributed by atoms with E-state index >= 15 is 0 Å². The summed E-state index contributed by atoms with van der Waals surface area (Å²) in [6.45, 7) is 39.7. The van der Waals surface area contributed by atoms with E-state index in [0.717, 1.165) is 120 Å². The Labute approximate surface area is 818 Å². The third-order valence-corrected chi connectivity index (χ3v) is 24.0. The number of nitrogens with one attached hydrogen (secondary N) is 2. The number of hydrogen-bond donors (Lipinski definition) is 15. The molecule has 9 rings (SSSR count). The van der Waals surface area contributed by atoms with Gasteiger partial charge in [0.1, 0.15) is 28.7 Å². The lowest BCUT2D eigenvalue weighted by Gasteiger charge is -2.39. The van der Waals surface area contributed by atoms with Crippen LogP contribution in [0.25, 0.3) is 0 Å². The van der Waals surface area contributed by atoms with E-state index in [2.05, 4.69) is 110 Å². The van der Waals surface area contributed by atoms with Crippen molar-refractivity contribution in [3.05, 3.63) is 149 Å². The second-order valence-corrected chi connectivity index (χ2v) is 35.8. The Hall–Kier alpha value is -11.1. The minimum atomic E-state index is -1.02. The van der Waals surface area contributed by atoms with Crippen LogP contribution in [0.5, 0.6) is 28.7 Å². The van der Waals surface area contributed by atoms with Crippen molar-refractivity contribution in [1.82, 2.24) is 74.3 Å². The molecule has 4 aliphatic rings. The number of aliphatic carboxylic acids is 8. The molecule has 0 spiro atoms. The summed E-state index contributed by atoms with van der Waals surface area (Å²) in [7, 11) is 0. The zero-order valence-corrected chi connectivity index (χ0v) is 82.6. The molecular weight excluding hydrogens is 1790 g/mol. The monoisotopic (exact) mass is 1950 g/mol. The first-order chi connectivity index (χ1) is 66.4. The highest BCUT2D eigenvalue weighted by Crippen LogP contribution is 2.37. The smallest absolute Gasteiger partial charge is 0.317 e. The average Bonchev–Trinajstić information content (AvgIpc) is 1.67. The van der Waals surface area contributed by atoms with Crippen molar-refractivity contribution in [2.24, 2.45) is 25.9 Å². The number of carboxylic acids is 8. The molecule has 772 valence electrons. The highest BCUT2D eigenvalue weighted by molar-refractivity contribution is 5.85. The number of rotatable bonds is 41. The molecule has 5 aromatic rings. The van der Waals surface area contributed by atoms with Gasteiger partial charge < -0.3 is 81.9 Å². The molecule has 40 heteroatoms. The number of nitrogens with zero attached hydrogens (tertiary/aromatic N) is 17. The predicted octanol–water partition coefficient (Wildman–Crippen LogP) is 4.46. The summed E-state index contributed by atoms with van der Waals surface area (Å²) in [5.74, 6) is -5.97. The fourth-order valence-corrected chi connectivity index (χ4v) is 16.0. The molecule has 0 saturated carbocycles. The van der Waals surface area contributed by atoms with Gasteiger partial charge in [-0.2, -0.15) is 0 Å². The fourth-order valence-electron chi connectivity index (χ4n) is 16.0. The van der Waals surface area contributed by atoms with Gasteiger partial charge in [-0.05, 0) is 106 Å². The highest BCUT2D eigenvalue weighted by Gasteiger charge is 2.35. The molecular formula is C99H155N19O21. The van der Waals surface area contributed by atoms with Crippen molar-refractivity contribution in [1.29, 1.82) is 0 Å². The van der Waals surface area contributed by atoms with Gasteiger partial charge in [-0.15, -0.1) is 0 Å². The second kappa shape index (κ2) is 66.5. The zero-order chi connectivity index (χ0) is 102. The first-order valence-corrected chi connectivity index (χ1v) is 48.0. The van der Waals surface area contributed by atoms with Gasteiger partial charge in [0, 0.05) is 261 Å². The van der Waals surface area contributed by atoms with Crippen molar-refractivity contribution in [3.63, 3.8) is 0 Å². The largest absolute Gasteiger partial charge is 0.508 e. The van der Waals surface area contributed by atoms with Crippen molar-refractivity contribution >= 4 is 72.6 Å². The number of hydrogen-bond acceptors (Lipinski definition) is 32. The van der Waals surface area contributed by atoms with Crippen LogP contribution in [0.1, 0.15) is 108 Å². The summed E-state index contributed by atoms with van der Waals surface area (Å²) in [5, 5.41) is 130. The Balaban J connectivity index is 0.000000312. The van der Waals surface area contributed by atoms with E-state index in [1.165, 1.54) is 0 Å². The molecule has 139 heavy (non-hydrogen) atoms. The standard InChI is InChI=1S/C30H36N4O3.C20H26N4O2.C19H34N4O8.C17H32N4O6.C13H27N3O2/c1-22(2)23-11-12-26(29(37)19-23)30-33(15-13-31-20-24-7-3-5-9-27(24)35)17-18-34(30)16-14-32-21-25-8-4-6-10-28(25)36;25-19-7-3-1-5-17(19)15-23-13-11-21-9-10-22-12-14-24-16-18-6-2-4-8-20(18)26;1-14(2)15-9-22(12-18(28)29)6-5-20(10-16(24)25)3-4-21(11-17(26)27)7-8-23(15)13-19(30)31;1-14(2)21-9-7-19(12-16(24)25)5-3-18(11-15(22)23)4-6-20(8-10-21)13-17(26)27;1-4-14-5-6-15(11-13(17)18)8-10-16(9-7-14)12(2)3/h3-12,19-22,30,35-37H,13-18H2,1-2H3;1-8,15-16,21-22,25-26H,9-14H2;14-15H,3-13H2,1-2H3,(H,24,25)(H,26,27)(H,28,29)(H,30,31);14H,3-13H2,1-2H3,(H,22,23)(H,24,25)(H,26,27);12H,4-11H2,1-3H3,(H,17,18). The van der Waals surface area contributed by atoms with Crippen LogP contribution in [0.3, 0.4) is 0 Å². The van der Waals surface area contributed by atoms with Crippen LogP contribution in [0.15, 0.2) is 135 Å². The molecule has 5 aromatic carbocycles. The fraction of sp³-hybridized carbons (Fsp3) is 0.576. The van der Waals surface area contributed by atoms with Crippen LogP contribution < -0.4 is 10.6 Å². The molecule has 0 bridgehead atoms. The van der Waals surface area contributed by atoms with Crippen LogP contribution in [0.4, 0.5) is 0 Å². The molecule has 15 N–H and O–H groups in total. The van der Waals surface area contributed by atoms with Crippen molar-refractivity contribution in [2.45, 2.75) is 92.5 Å². The van der Waals surface area contributed by atoms with E-state index in [0.29, 0.717) is 153 Å². The number of phenolic OH excluding ortho intramolecular Hbond substituents is 5. The second-order valence-electron chi connectivity index (χ2n) is 35.8. The highest BCUT2D eigenvalue weighted by atomic mass is 16.4. The lowest BCUT2D eigenvalue weighted by Crippen LogP contribution is -2.54. The maximum Gasteiger partial charge on any atom is 0.317 e. The van der Waals surface area contributed by atoms with Crippen molar-refractivity contribution in [2.75, 3.05) is 275 Å². The number of carboxylic acid groups (broad SMARTS) is 8. The van der Waals surface area contributed by atoms with Gasteiger partial charge >= 0.3 is 47.8 Å². The summed E-state index contributed by atoms with van der Waals surface area (Å²) < 4.78 is 0. The molecule has 4 saturated heterocycles. The minimum Gasteiger partial charge on any atom is -0.508 e. The van der Waals surface area contributed by atoms with E-state index < -0.39 is 47.8 Å². The van der Waals surface area contributed by atoms with Gasteiger partial charge in [-0.1, -0.05) is 95.3 Å². The molecule has 40 nitrogen and oxygen atoms in total. The molecule has 4 aliphatic heterocycles. The number of aromatic hydroxyl groups is 5. The molecule has 0 aromatic heterocycles. The number of para-hydroxylation sites is 4. The van der Waals surface area contributed by atoms with E-state index in [9.17, 15) is 84.3 Å². The lowest BCUT2D eigenvalue weighted by molar-refractivity contribution is -0.142. The molecule has 1 unspecified atom stereocenters. The van der Waals surface area contributed by atoms with Gasteiger partial charge in [0.05, 0.1) is 84.7 Å². The lowest BCUT2D eigenvalue weighted by atomic mass is 9.99. The van der Waals surface area contributed by atoms with Crippen LogP contribution in [-0.2, 0) is 38.4 Å². The summed E-state index contributed by atoms with van der Waals surface area (Å²) >= 11 is 0. The normalized spacial score (nSPS) is 18.1. The molecule has 0 radical (unpaired) electrons. The van der Waals surface area contributed by atoms with E-state index in [1.807, 2.05) is 89.2 Å². The summed E-state index contributed by atoms with van der Waals surface area (Å²) in [6, 6.07) is 35.1. The molecule has 4 heterocycles. The first kappa shape index (κ1) is 118. The molecule has 0 amide bonds. The Kier molecular flexibility index (Phi) is 56.7. The topological polar surface area (TPSA) is 515 Å². The first-order valence-electron chi connectivity index (χ1n) is 48.0. The quantitative estimate of drug-likeness (QED) is 0.0190. The van der Waals surface area contributed by atoms with Crippen molar-refractivity contribution < 1.29 is 105 Å². The van der Waals surface area contributed by atoms with Crippen LogP contribution in [-0.4, -0.2) is 496 Å². The van der Waals surface area contributed by atoms with Gasteiger partial charge in [0.25, 0.3) is 0 Å². The van der Waals surface area contributed by atoms with Gasteiger partial charge in [-0.3, -0.25) is 117 Å². The number of likely N-dealkylation sites (N-methyl/N-ethyl adjacent to an activating group) is 1. The molecule has 0 aliphatic carbocycles. The maximum atomic E-state index is 11.5. The molecule has 1 atom stereocenters. The Morgan fingerprint density at radius 1 is 0.324 bits per heavy atom. The average molecular weight is 1950 g/mol. The zero-order valence-electron chi connectivity index (χ0n) is 82.6. The number of carbonyl (C=O) groups is 8. The van der Waals surface area contributed by atoms with E-state index in [4.69, 9.17) is 20.4 Å². The third-order valence-electron chi connectivity index (χ3n) is 24.0. The third kappa shape index (κ3) is 49.6. The van der Waals surface area contributed by atoms with Gasteiger partial charge in [0.15, 0.2) is 0 Å².